The lowest BCUT2D eigenvalue weighted by Crippen LogP contribution is -2.51. The first-order valence-electron chi connectivity index (χ1n) is 9.23. The molecule has 0 radical (unpaired) electrons. The van der Waals surface area contributed by atoms with Crippen LogP contribution in [0.5, 0.6) is 0 Å². The highest BCUT2D eigenvalue weighted by molar-refractivity contribution is 6.48. The van der Waals surface area contributed by atoms with E-state index in [2.05, 4.69) is 20.0 Å². The molecule has 1 saturated heterocycles. The Kier molecular flexibility index (Phi) is 7.16. The first kappa shape index (κ1) is 20.4. The molecule has 0 aliphatic carbocycles. The van der Waals surface area contributed by atoms with E-state index in [4.69, 9.17) is 9.16 Å². The minimum atomic E-state index is -1.32. The highest BCUT2D eigenvalue weighted by atomic mass is 28.3. The number of carbonyl (C=O) groups is 1. The lowest BCUT2D eigenvalue weighted by atomic mass is 10.0. The number of unbranched alkanes of at least 4 members (excludes halogenated alkanes) is 1. The Hall–Kier alpha value is -1.93. The molecule has 1 aromatic rings. The van der Waals surface area contributed by atoms with Crippen LogP contribution in [0, 0.1) is 10.1 Å². The molecule has 8 heteroatoms. The molecule has 1 unspecified atom stereocenters. The molecule has 1 amide bonds. The van der Waals surface area contributed by atoms with Gasteiger partial charge >= 0.3 is 6.09 Å². The first-order valence-corrected chi connectivity index (χ1v) is 12.0. The minimum absolute atomic E-state index is 0.0218. The van der Waals surface area contributed by atoms with Gasteiger partial charge in [0.2, 0.25) is 0 Å². The van der Waals surface area contributed by atoms with Crippen LogP contribution >= 0.6 is 0 Å². The second-order valence-corrected chi connectivity index (χ2v) is 9.28. The topological polar surface area (TPSA) is 81.9 Å². The fourth-order valence-corrected chi connectivity index (χ4v) is 4.62. The van der Waals surface area contributed by atoms with Crippen molar-refractivity contribution in [2.45, 2.75) is 64.5 Å². The van der Waals surface area contributed by atoms with E-state index in [1.165, 1.54) is 12.1 Å². The molecule has 0 aromatic heterocycles. The van der Waals surface area contributed by atoms with Gasteiger partial charge in [-0.2, -0.15) is 0 Å². The van der Waals surface area contributed by atoms with Gasteiger partial charge in [0.05, 0.1) is 4.92 Å². The van der Waals surface area contributed by atoms with Crippen molar-refractivity contribution in [3.8, 4) is 0 Å². The van der Waals surface area contributed by atoms with Gasteiger partial charge in [-0.3, -0.25) is 15.0 Å². The van der Waals surface area contributed by atoms with Crippen LogP contribution in [0.15, 0.2) is 24.3 Å². The van der Waals surface area contributed by atoms with E-state index in [0.29, 0.717) is 6.54 Å². The van der Waals surface area contributed by atoms with E-state index in [0.717, 1.165) is 37.7 Å². The molecule has 0 saturated carbocycles. The number of carbonyl (C=O) groups excluding carboxylic acids is 1. The predicted molar refractivity (Wildman–Crippen MR) is 101 cm³/mol. The summed E-state index contributed by atoms with van der Waals surface area (Å²) in [5.74, 6) is 0. The predicted octanol–water partition coefficient (Wildman–Crippen LogP) is 4.21. The highest BCUT2D eigenvalue weighted by Crippen LogP contribution is 2.36. The Morgan fingerprint density at radius 2 is 2.04 bits per heavy atom. The molecule has 1 heterocycles. The summed E-state index contributed by atoms with van der Waals surface area (Å²) >= 11 is 0. The fraction of sp³-hybridized carbons (Fsp3) is 0.611. The Labute approximate surface area is 156 Å². The van der Waals surface area contributed by atoms with Crippen molar-refractivity contribution in [1.29, 1.82) is 0 Å². The number of nitro groups is 1. The van der Waals surface area contributed by atoms with Crippen molar-refractivity contribution >= 4 is 20.8 Å². The monoisotopic (exact) mass is 380 g/mol. The molecule has 0 bridgehead atoms. The van der Waals surface area contributed by atoms with Gasteiger partial charge in [-0.15, -0.1) is 0 Å². The van der Waals surface area contributed by atoms with Gasteiger partial charge in [-0.05, 0) is 56.5 Å². The molecule has 1 aliphatic rings. The molecular formula is C18H28N2O5Si. The van der Waals surface area contributed by atoms with Gasteiger partial charge in [0.15, 0.2) is 9.04 Å². The standard InChI is InChI=1S/C18H28N2O5Si/c1-4-5-11-18(25-26(2)3)12-6-13-19(18)17(21)24-14-15-7-9-16(10-8-15)20(22)23/h7-10,26H,4-6,11-14H2,1-3H3. The van der Waals surface area contributed by atoms with Gasteiger partial charge in [0.1, 0.15) is 12.3 Å². The van der Waals surface area contributed by atoms with Crippen LogP contribution < -0.4 is 0 Å². The normalized spacial score (nSPS) is 19.8. The lowest BCUT2D eigenvalue weighted by Gasteiger charge is -2.39. The summed E-state index contributed by atoms with van der Waals surface area (Å²) in [6.07, 6.45) is 4.29. The van der Waals surface area contributed by atoms with Crippen molar-refractivity contribution in [3.05, 3.63) is 39.9 Å². The number of rotatable bonds is 8. The molecule has 0 N–H and O–H groups in total. The largest absolute Gasteiger partial charge is 0.444 e. The summed E-state index contributed by atoms with van der Waals surface area (Å²) in [5.41, 5.74) is 0.220. The molecule has 1 aromatic carbocycles. The van der Waals surface area contributed by atoms with E-state index in [9.17, 15) is 14.9 Å². The third-order valence-corrected chi connectivity index (χ3v) is 5.46. The number of non-ortho nitro benzene ring substituents is 1. The lowest BCUT2D eigenvalue weighted by molar-refractivity contribution is -0.384. The van der Waals surface area contributed by atoms with Gasteiger partial charge in [-0.25, -0.2) is 4.79 Å². The zero-order valence-corrected chi connectivity index (χ0v) is 16.9. The third-order valence-electron chi connectivity index (χ3n) is 4.55. The molecule has 7 nitrogen and oxygen atoms in total. The second-order valence-electron chi connectivity index (χ2n) is 6.95. The van der Waals surface area contributed by atoms with Crippen LogP contribution in [-0.2, 0) is 15.8 Å². The maximum absolute atomic E-state index is 12.7. The molecular weight excluding hydrogens is 352 g/mol. The molecule has 144 valence electrons. The average Bonchev–Trinajstić information content (AvgIpc) is 3.01. The molecule has 1 fully saturated rings. The summed E-state index contributed by atoms with van der Waals surface area (Å²) in [7, 11) is -1.32. The number of hydrogen-bond donors (Lipinski definition) is 0. The number of nitro benzene ring substituents is 1. The van der Waals surface area contributed by atoms with E-state index in [1.54, 1.807) is 17.0 Å². The molecule has 2 rings (SSSR count). The first-order chi connectivity index (χ1) is 12.4. The van der Waals surface area contributed by atoms with Crippen LogP contribution in [-0.4, -0.2) is 37.2 Å². The maximum Gasteiger partial charge on any atom is 0.412 e. The van der Waals surface area contributed by atoms with E-state index in [-0.39, 0.29) is 18.4 Å². The Morgan fingerprint density at radius 3 is 2.62 bits per heavy atom. The van der Waals surface area contributed by atoms with Gasteiger partial charge in [0.25, 0.3) is 5.69 Å². The van der Waals surface area contributed by atoms with Gasteiger partial charge in [0, 0.05) is 18.7 Å². The number of amides is 1. The molecule has 1 aliphatic heterocycles. The van der Waals surface area contributed by atoms with Crippen LogP contribution in [0.1, 0.15) is 44.6 Å². The zero-order valence-electron chi connectivity index (χ0n) is 15.8. The average molecular weight is 381 g/mol. The summed E-state index contributed by atoms with van der Waals surface area (Å²) in [6, 6.07) is 6.05. The third kappa shape index (κ3) is 5.04. The SMILES string of the molecule is CCCCC1(O[SiH](C)C)CCCN1C(=O)OCc1ccc([N+](=O)[O-])cc1. The number of nitrogens with zero attached hydrogens (tertiary/aromatic N) is 2. The smallest absolute Gasteiger partial charge is 0.412 e. The minimum Gasteiger partial charge on any atom is -0.444 e. The fourth-order valence-electron chi connectivity index (χ4n) is 3.38. The number of benzene rings is 1. The molecule has 1 atom stereocenters. The zero-order chi connectivity index (χ0) is 19.2. The summed E-state index contributed by atoms with van der Waals surface area (Å²) < 4.78 is 11.8. The van der Waals surface area contributed by atoms with E-state index < -0.39 is 19.7 Å². The van der Waals surface area contributed by atoms with Crippen LogP contribution in [0.25, 0.3) is 0 Å². The molecule has 26 heavy (non-hydrogen) atoms. The summed E-state index contributed by atoms with van der Waals surface area (Å²) in [5, 5.41) is 10.7. The number of likely N-dealkylation sites (tertiary alicyclic amines) is 1. The van der Waals surface area contributed by atoms with Crippen LogP contribution in [0.2, 0.25) is 13.1 Å². The Balaban J connectivity index is 2.02. The van der Waals surface area contributed by atoms with E-state index >= 15 is 0 Å². The summed E-state index contributed by atoms with van der Waals surface area (Å²) in [4.78, 5) is 24.7. The molecule has 0 spiro atoms. The second kappa shape index (κ2) is 9.13. The van der Waals surface area contributed by atoms with Crippen molar-refractivity contribution in [3.63, 3.8) is 0 Å². The van der Waals surface area contributed by atoms with Crippen molar-refractivity contribution in [2.24, 2.45) is 0 Å². The number of ether oxygens (including phenoxy) is 1. The van der Waals surface area contributed by atoms with E-state index in [1.807, 2.05) is 0 Å². The van der Waals surface area contributed by atoms with Gasteiger partial charge in [-0.1, -0.05) is 13.3 Å². The highest BCUT2D eigenvalue weighted by Gasteiger charge is 2.45. The van der Waals surface area contributed by atoms with Crippen molar-refractivity contribution in [2.75, 3.05) is 6.54 Å². The van der Waals surface area contributed by atoms with Crippen LogP contribution in [0.3, 0.4) is 0 Å². The number of hydrogen-bond acceptors (Lipinski definition) is 5. The van der Waals surface area contributed by atoms with Crippen molar-refractivity contribution in [1.82, 2.24) is 4.90 Å². The maximum atomic E-state index is 12.7. The van der Waals surface area contributed by atoms with Crippen LogP contribution in [0.4, 0.5) is 10.5 Å². The summed E-state index contributed by atoms with van der Waals surface area (Å²) in [6.45, 7) is 7.10. The Bertz CT molecular complexity index is 623. The van der Waals surface area contributed by atoms with Crippen molar-refractivity contribution < 1.29 is 18.9 Å². The van der Waals surface area contributed by atoms with Gasteiger partial charge < -0.3 is 9.16 Å². The Morgan fingerprint density at radius 1 is 1.35 bits per heavy atom. The quantitative estimate of drug-likeness (QED) is 0.383.